The molecule has 19 heteroatoms. The molecule has 5 atom stereocenters. The van der Waals surface area contributed by atoms with Gasteiger partial charge in [-0.05, 0) is 31.6 Å². The Balaban J connectivity index is 5.25. The molecule has 0 saturated carbocycles. The molecule has 0 saturated heterocycles. The lowest BCUT2D eigenvalue weighted by Crippen LogP contribution is -2.30. The van der Waals surface area contributed by atoms with Gasteiger partial charge in [-0.2, -0.15) is 0 Å². The van der Waals surface area contributed by atoms with Gasteiger partial charge in [0.1, 0.15) is 19.3 Å². The molecule has 0 aromatic rings. The standard InChI is InChI=1S/C85H166O17P2/c1-6-9-12-15-18-21-24-27-29-30-31-32-33-34-41-46-51-56-61-66-71-85(90)102-81(75-96-83(88)69-64-59-54-49-44-40-36-35-38-42-47-52-57-62-67-78(4)5)77-100-104(93,94)98-73-79(86)72-97-103(91,92)99-76-80(74-95-82(87)68-63-58-53-48-43-37-26-23-20-17-14-11-8-3)101-84(89)70-65-60-55-50-45-39-28-25-22-19-16-13-10-7-2/h78-81,86H,6-77H2,1-5H3,(H,91,92)(H,93,94)/t79-,80+,81+/m0/s1. The van der Waals surface area contributed by atoms with E-state index in [0.29, 0.717) is 25.7 Å². The molecule has 0 aliphatic heterocycles. The fourth-order valence-electron chi connectivity index (χ4n) is 13.3. The zero-order valence-electron chi connectivity index (χ0n) is 68.2. The molecule has 0 spiro atoms. The van der Waals surface area contributed by atoms with E-state index in [-0.39, 0.29) is 25.7 Å². The van der Waals surface area contributed by atoms with E-state index in [2.05, 4.69) is 34.6 Å². The third-order valence-electron chi connectivity index (χ3n) is 20.0. The minimum atomic E-state index is -4.96. The van der Waals surface area contributed by atoms with Gasteiger partial charge < -0.3 is 33.8 Å². The van der Waals surface area contributed by atoms with Crippen LogP contribution in [0, 0.1) is 5.92 Å². The molecule has 0 fully saturated rings. The van der Waals surface area contributed by atoms with Crippen LogP contribution < -0.4 is 0 Å². The Hall–Kier alpha value is -1.94. The van der Waals surface area contributed by atoms with Crippen LogP contribution in [0.4, 0.5) is 0 Å². The second kappa shape index (κ2) is 77.8. The highest BCUT2D eigenvalue weighted by molar-refractivity contribution is 7.47. The van der Waals surface area contributed by atoms with E-state index in [1.807, 2.05) is 0 Å². The number of esters is 4. The summed E-state index contributed by atoms with van der Waals surface area (Å²) in [5, 5.41) is 10.7. The third-order valence-corrected chi connectivity index (χ3v) is 21.9. The summed E-state index contributed by atoms with van der Waals surface area (Å²) >= 11 is 0. The number of ether oxygens (including phenoxy) is 4. The average Bonchev–Trinajstić information content (AvgIpc) is 0.903. The van der Waals surface area contributed by atoms with Crippen LogP contribution in [-0.2, 0) is 65.4 Å². The van der Waals surface area contributed by atoms with Crippen LogP contribution in [0.25, 0.3) is 0 Å². The van der Waals surface area contributed by atoms with Gasteiger partial charge in [0, 0.05) is 25.7 Å². The van der Waals surface area contributed by atoms with Crippen LogP contribution in [-0.4, -0.2) is 96.7 Å². The van der Waals surface area contributed by atoms with E-state index in [1.54, 1.807) is 0 Å². The molecule has 104 heavy (non-hydrogen) atoms. The molecular formula is C85H166O17P2. The van der Waals surface area contributed by atoms with Crippen LogP contribution in [0.5, 0.6) is 0 Å². The quantitative estimate of drug-likeness (QED) is 0.0222. The predicted molar refractivity (Wildman–Crippen MR) is 428 cm³/mol. The van der Waals surface area contributed by atoms with Gasteiger partial charge in [-0.3, -0.25) is 37.3 Å². The Bertz CT molecular complexity index is 1980. The number of rotatable bonds is 85. The second-order valence-corrected chi connectivity index (χ2v) is 34.0. The summed E-state index contributed by atoms with van der Waals surface area (Å²) in [5.74, 6) is -1.30. The molecule has 0 rings (SSSR count). The van der Waals surface area contributed by atoms with Crippen molar-refractivity contribution in [2.45, 2.75) is 477 Å². The summed E-state index contributed by atoms with van der Waals surface area (Å²) in [6, 6.07) is 0. The lowest BCUT2D eigenvalue weighted by atomic mass is 10.0. The fraction of sp³-hybridized carbons (Fsp3) is 0.953. The fourth-order valence-corrected chi connectivity index (χ4v) is 14.9. The number of aliphatic hydroxyl groups is 1. The lowest BCUT2D eigenvalue weighted by Gasteiger charge is -2.21. The normalized spacial score (nSPS) is 13.8. The number of phosphoric ester groups is 2. The Kier molecular flexibility index (Phi) is 76.3. The average molecular weight is 1520 g/mol. The minimum absolute atomic E-state index is 0.109. The summed E-state index contributed by atoms with van der Waals surface area (Å²) in [6.07, 6.45) is 70.7. The van der Waals surface area contributed by atoms with Crippen molar-refractivity contribution in [1.82, 2.24) is 0 Å². The number of carbonyl (C=O) groups excluding carboxylic acids is 4. The largest absolute Gasteiger partial charge is 0.472 e. The molecule has 2 unspecified atom stereocenters. The summed E-state index contributed by atoms with van der Waals surface area (Å²) < 4.78 is 68.9. The molecule has 618 valence electrons. The molecular weight excluding hydrogens is 1350 g/mol. The zero-order valence-corrected chi connectivity index (χ0v) is 70.0. The van der Waals surface area contributed by atoms with Gasteiger partial charge in [-0.1, -0.05) is 407 Å². The first-order chi connectivity index (χ1) is 50.5. The molecule has 0 heterocycles. The van der Waals surface area contributed by atoms with E-state index >= 15 is 0 Å². The molecule has 0 radical (unpaired) electrons. The van der Waals surface area contributed by atoms with Crippen LogP contribution in [0.2, 0.25) is 0 Å². The SMILES string of the molecule is CCCCCCCCCCCCCCCCCCCCCCC(=O)O[C@H](COC(=O)CCCCCCCCCCCCCCCCC(C)C)COP(=O)(O)OC[C@@H](O)COP(=O)(O)OC[C@@H](COC(=O)CCCCCCCCCCCCCCC)OC(=O)CCCCCCCCCCCCCCCC. The highest BCUT2D eigenvalue weighted by Crippen LogP contribution is 2.45. The van der Waals surface area contributed by atoms with Crippen molar-refractivity contribution in [3.63, 3.8) is 0 Å². The highest BCUT2D eigenvalue weighted by atomic mass is 31.2. The second-order valence-electron chi connectivity index (χ2n) is 31.1. The first-order valence-electron chi connectivity index (χ1n) is 44.1. The summed E-state index contributed by atoms with van der Waals surface area (Å²) in [5.41, 5.74) is 0. The van der Waals surface area contributed by atoms with Crippen molar-refractivity contribution in [2.24, 2.45) is 5.92 Å². The van der Waals surface area contributed by atoms with Crippen molar-refractivity contribution in [1.29, 1.82) is 0 Å². The van der Waals surface area contributed by atoms with Crippen LogP contribution in [0.1, 0.15) is 458 Å². The summed E-state index contributed by atoms with van der Waals surface area (Å²) in [6.45, 7) is 7.39. The van der Waals surface area contributed by atoms with Gasteiger partial charge in [0.2, 0.25) is 0 Å². The Labute approximate surface area is 638 Å². The topological polar surface area (TPSA) is 237 Å². The first-order valence-corrected chi connectivity index (χ1v) is 47.1. The van der Waals surface area contributed by atoms with Gasteiger partial charge in [0.15, 0.2) is 12.2 Å². The lowest BCUT2D eigenvalue weighted by molar-refractivity contribution is -0.161. The van der Waals surface area contributed by atoms with E-state index in [4.69, 9.17) is 37.0 Å². The van der Waals surface area contributed by atoms with Crippen LogP contribution in [0.15, 0.2) is 0 Å². The van der Waals surface area contributed by atoms with Crippen LogP contribution >= 0.6 is 15.6 Å². The van der Waals surface area contributed by atoms with E-state index in [9.17, 15) is 43.2 Å². The van der Waals surface area contributed by atoms with E-state index in [1.165, 1.54) is 283 Å². The smallest absolute Gasteiger partial charge is 0.462 e. The highest BCUT2D eigenvalue weighted by Gasteiger charge is 2.30. The van der Waals surface area contributed by atoms with E-state index < -0.39 is 97.5 Å². The van der Waals surface area contributed by atoms with Crippen molar-refractivity contribution in [3.8, 4) is 0 Å². The minimum Gasteiger partial charge on any atom is -0.462 e. The number of carbonyl (C=O) groups is 4. The van der Waals surface area contributed by atoms with Crippen LogP contribution in [0.3, 0.4) is 0 Å². The number of hydrogen-bond donors (Lipinski definition) is 3. The molecule has 0 aromatic heterocycles. The maximum Gasteiger partial charge on any atom is 0.472 e. The maximum atomic E-state index is 13.1. The third kappa shape index (κ3) is 78.2. The van der Waals surface area contributed by atoms with Crippen molar-refractivity contribution in [3.05, 3.63) is 0 Å². The van der Waals surface area contributed by atoms with Gasteiger partial charge in [-0.15, -0.1) is 0 Å². The number of unbranched alkanes of at least 4 members (excludes halogenated alkanes) is 57. The molecule has 0 aromatic carbocycles. The summed E-state index contributed by atoms with van der Waals surface area (Å²) in [4.78, 5) is 73.2. The number of phosphoric acid groups is 2. The molecule has 17 nitrogen and oxygen atoms in total. The van der Waals surface area contributed by atoms with Gasteiger partial charge in [0.05, 0.1) is 26.4 Å². The van der Waals surface area contributed by atoms with Gasteiger partial charge in [0.25, 0.3) is 0 Å². The maximum absolute atomic E-state index is 13.1. The number of aliphatic hydroxyl groups excluding tert-OH is 1. The Morgan fingerprint density at radius 1 is 0.260 bits per heavy atom. The first kappa shape index (κ1) is 102. The van der Waals surface area contributed by atoms with Crippen molar-refractivity contribution < 1.29 is 80.2 Å². The van der Waals surface area contributed by atoms with Gasteiger partial charge in [-0.25, -0.2) is 9.13 Å². The molecule has 0 aliphatic rings. The molecule has 0 aliphatic carbocycles. The molecule has 0 bridgehead atoms. The number of hydrogen-bond acceptors (Lipinski definition) is 15. The predicted octanol–water partition coefficient (Wildman–Crippen LogP) is 26.0. The van der Waals surface area contributed by atoms with E-state index in [0.717, 1.165) is 95.8 Å². The monoisotopic (exact) mass is 1520 g/mol. The van der Waals surface area contributed by atoms with Crippen molar-refractivity contribution >= 4 is 39.5 Å². The van der Waals surface area contributed by atoms with Gasteiger partial charge >= 0.3 is 39.5 Å². The summed E-state index contributed by atoms with van der Waals surface area (Å²) in [7, 11) is -9.93. The molecule has 0 amide bonds. The van der Waals surface area contributed by atoms with Crippen molar-refractivity contribution in [2.75, 3.05) is 39.6 Å². The Morgan fingerprint density at radius 3 is 0.654 bits per heavy atom. The molecule has 3 N–H and O–H groups in total. The Morgan fingerprint density at radius 2 is 0.442 bits per heavy atom. The zero-order chi connectivity index (χ0) is 76.2.